The van der Waals surface area contributed by atoms with Crippen molar-refractivity contribution in [1.82, 2.24) is 19.1 Å². The summed E-state index contributed by atoms with van der Waals surface area (Å²) in [5.74, 6) is 0. The number of para-hydroxylation sites is 3. The number of hydrogen-bond donors (Lipinski definition) is 0. The van der Waals surface area contributed by atoms with E-state index in [9.17, 15) is 0 Å². The second-order valence-electron chi connectivity index (χ2n) is 14.6. The lowest BCUT2D eigenvalue weighted by atomic mass is 9.98. The molecule has 9 aromatic carbocycles. The second-order valence-corrected chi connectivity index (χ2v) is 14.6. The number of fused-ring (bicyclic) bond motifs is 12. The van der Waals surface area contributed by atoms with Crippen LogP contribution in [0.4, 0.5) is 0 Å². The second kappa shape index (κ2) is 12.0. The van der Waals surface area contributed by atoms with Crippen molar-refractivity contribution in [3.8, 4) is 33.8 Å². The minimum absolute atomic E-state index is 0.859. The van der Waals surface area contributed by atoms with E-state index >= 15 is 0 Å². The van der Waals surface area contributed by atoms with Crippen LogP contribution >= 0.6 is 0 Å². The molecule has 0 atom stereocenters. The molecule has 0 aliphatic rings. The van der Waals surface area contributed by atoms with Crippen molar-refractivity contribution in [3.63, 3.8) is 0 Å². The van der Waals surface area contributed by atoms with Gasteiger partial charge in [-0.2, -0.15) is 0 Å². The Bertz CT molecular complexity index is 3480. The summed E-state index contributed by atoms with van der Waals surface area (Å²) in [6.07, 6.45) is 1.92. The van der Waals surface area contributed by atoms with Crippen LogP contribution in [0.15, 0.2) is 194 Å². The van der Waals surface area contributed by atoms with E-state index in [1.807, 2.05) is 6.20 Å². The molecule has 0 unspecified atom stereocenters. The first-order valence-corrected chi connectivity index (χ1v) is 19.1. The van der Waals surface area contributed by atoms with Crippen LogP contribution in [0.5, 0.6) is 0 Å². The highest BCUT2D eigenvalue weighted by atomic mass is 15.0. The van der Waals surface area contributed by atoms with Crippen LogP contribution < -0.4 is 0 Å². The third kappa shape index (κ3) is 4.47. The molecule has 0 amide bonds. The molecule has 12 aromatic rings. The van der Waals surface area contributed by atoms with Gasteiger partial charge in [0.2, 0.25) is 0 Å². The Morgan fingerprint density at radius 2 is 0.875 bits per heavy atom. The quantitative estimate of drug-likeness (QED) is 0.170. The van der Waals surface area contributed by atoms with Gasteiger partial charge in [0, 0.05) is 49.3 Å². The molecule has 0 N–H and O–H groups in total. The summed E-state index contributed by atoms with van der Waals surface area (Å²) in [5, 5.41) is 9.62. The largest absolute Gasteiger partial charge is 0.309 e. The molecule has 0 bridgehead atoms. The zero-order valence-corrected chi connectivity index (χ0v) is 30.3. The maximum absolute atomic E-state index is 5.25. The highest BCUT2D eigenvalue weighted by Gasteiger charge is 2.19. The van der Waals surface area contributed by atoms with Crippen LogP contribution in [-0.4, -0.2) is 19.1 Å². The van der Waals surface area contributed by atoms with E-state index in [1.54, 1.807) is 0 Å². The van der Waals surface area contributed by atoms with E-state index in [0.29, 0.717) is 0 Å². The van der Waals surface area contributed by atoms with Crippen LogP contribution in [-0.2, 0) is 0 Å². The summed E-state index contributed by atoms with van der Waals surface area (Å²) in [4.78, 5) is 10.3. The van der Waals surface area contributed by atoms with Gasteiger partial charge in [-0.15, -0.1) is 0 Å². The van der Waals surface area contributed by atoms with Gasteiger partial charge in [-0.3, -0.25) is 4.98 Å². The number of rotatable bonds is 4. The van der Waals surface area contributed by atoms with E-state index in [-0.39, 0.29) is 0 Å². The Kier molecular flexibility index (Phi) is 6.60. The fourth-order valence-corrected chi connectivity index (χ4v) is 9.07. The molecular weight excluding hydrogens is 681 g/mol. The van der Waals surface area contributed by atoms with Crippen LogP contribution in [0.3, 0.4) is 0 Å². The molecule has 260 valence electrons. The van der Waals surface area contributed by atoms with Crippen molar-refractivity contribution in [3.05, 3.63) is 194 Å². The van der Waals surface area contributed by atoms with E-state index in [1.165, 1.54) is 65.5 Å². The fraction of sp³-hybridized carbons (Fsp3) is 0. The molecule has 0 saturated heterocycles. The van der Waals surface area contributed by atoms with Gasteiger partial charge in [-0.1, -0.05) is 140 Å². The molecule has 3 aromatic heterocycles. The Balaban J connectivity index is 1.01. The van der Waals surface area contributed by atoms with E-state index in [0.717, 1.165) is 44.4 Å². The molecule has 0 spiro atoms. The van der Waals surface area contributed by atoms with E-state index < -0.39 is 0 Å². The van der Waals surface area contributed by atoms with Gasteiger partial charge >= 0.3 is 0 Å². The minimum atomic E-state index is 0.859. The summed E-state index contributed by atoms with van der Waals surface area (Å²) in [6, 6.07) is 67.6. The lowest BCUT2D eigenvalue weighted by molar-refractivity contribution is 1.18. The SMILES string of the molecule is c1ccc(-n2c3ccccc3c3ccc(-c4cccc5c4c4ccccc4n5-c4ccc(-c5cnc6c7ccccc7c7ccccc7c6n5)cc4)cc32)cc1. The average Bonchev–Trinajstić information content (AvgIpc) is 3.79. The number of benzene rings is 9. The van der Waals surface area contributed by atoms with Gasteiger partial charge in [0.25, 0.3) is 0 Å². The van der Waals surface area contributed by atoms with Gasteiger partial charge < -0.3 is 9.13 Å². The summed E-state index contributed by atoms with van der Waals surface area (Å²) in [7, 11) is 0. The predicted molar refractivity (Wildman–Crippen MR) is 234 cm³/mol. The van der Waals surface area contributed by atoms with Gasteiger partial charge in [0.05, 0.1) is 45.0 Å². The number of aromatic nitrogens is 4. The summed E-state index contributed by atoms with van der Waals surface area (Å²) >= 11 is 0. The molecule has 3 heterocycles. The normalized spacial score (nSPS) is 11.9. The Labute approximate surface area is 322 Å². The van der Waals surface area contributed by atoms with Crippen molar-refractivity contribution in [1.29, 1.82) is 0 Å². The van der Waals surface area contributed by atoms with Crippen molar-refractivity contribution >= 4 is 76.2 Å². The van der Waals surface area contributed by atoms with Crippen molar-refractivity contribution in [2.75, 3.05) is 0 Å². The third-order valence-corrected chi connectivity index (χ3v) is 11.5. The molecule has 12 rings (SSSR count). The van der Waals surface area contributed by atoms with Crippen molar-refractivity contribution in [2.24, 2.45) is 0 Å². The maximum Gasteiger partial charge on any atom is 0.0979 e. The van der Waals surface area contributed by atoms with Crippen LogP contribution in [0.1, 0.15) is 0 Å². The molecule has 0 aliphatic carbocycles. The first-order valence-electron chi connectivity index (χ1n) is 19.1. The molecule has 0 fully saturated rings. The van der Waals surface area contributed by atoms with E-state index in [2.05, 4.69) is 197 Å². The van der Waals surface area contributed by atoms with Crippen LogP contribution in [0.2, 0.25) is 0 Å². The number of nitrogens with zero attached hydrogens (tertiary/aromatic N) is 4. The Morgan fingerprint density at radius 1 is 0.339 bits per heavy atom. The topological polar surface area (TPSA) is 35.6 Å². The molecule has 56 heavy (non-hydrogen) atoms. The van der Waals surface area contributed by atoms with Crippen molar-refractivity contribution < 1.29 is 0 Å². The monoisotopic (exact) mass is 712 g/mol. The van der Waals surface area contributed by atoms with Crippen molar-refractivity contribution in [2.45, 2.75) is 0 Å². The zero-order chi connectivity index (χ0) is 36.7. The van der Waals surface area contributed by atoms with E-state index in [4.69, 9.17) is 9.97 Å². The average molecular weight is 713 g/mol. The molecule has 4 heteroatoms. The van der Waals surface area contributed by atoms with Crippen LogP contribution in [0, 0.1) is 0 Å². The van der Waals surface area contributed by atoms with Gasteiger partial charge in [-0.25, -0.2) is 4.98 Å². The minimum Gasteiger partial charge on any atom is -0.309 e. The lowest BCUT2D eigenvalue weighted by Crippen LogP contribution is -1.95. The van der Waals surface area contributed by atoms with Gasteiger partial charge in [-0.05, 0) is 70.4 Å². The maximum atomic E-state index is 5.25. The van der Waals surface area contributed by atoms with Gasteiger partial charge in [0.15, 0.2) is 0 Å². The predicted octanol–water partition coefficient (Wildman–Crippen LogP) is 13.5. The Hall–Kier alpha value is -7.56. The first-order chi connectivity index (χ1) is 27.8. The molecular formula is C52H32N4. The number of hydrogen-bond acceptors (Lipinski definition) is 2. The summed E-state index contributed by atoms with van der Waals surface area (Å²) in [6.45, 7) is 0. The van der Waals surface area contributed by atoms with Crippen LogP contribution in [0.25, 0.3) is 110 Å². The zero-order valence-electron chi connectivity index (χ0n) is 30.3. The molecule has 4 nitrogen and oxygen atoms in total. The summed E-state index contributed by atoms with van der Waals surface area (Å²) < 4.78 is 4.78. The smallest absolute Gasteiger partial charge is 0.0979 e. The van der Waals surface area contributed by atoms with Gasteiger partial charge in [0.1, 0.15) is 0 Å². The lowest BCUT2D eigenvalue weighted by Gasteiger charge is -2.12. The third-order valence-electron chi connectivity index (χ3n) is 11.5. The highest BCUT2D eigenvalue weighted by Crippen LogP contribution is 2.41. The molecule has 0 aliphatic heterocycles. The fourth-order valence-electron chi connectivity index (χ4n) is 9.07. The summed E-state index contributed by atoms with van der Waals surface area (Å²) in [5.41, 5.74) is 13.2. The molecule has 0 saturated carbocycles. The Morgan fingerprint density at radius 3 is 1.62 bits per heavy atom. The highest BCUT2D eigenvalue weighted by molar-refractivity contribution is 6.23. The standard InChI is InChI=1S/C52H32N4/c1-2-13-35(14-3-1)56-46-22-10-8-17-40(46)41-30-27-34(31-49(41)56)37-21-12-24-48-50(37)44-20-9-11-23-47(44)55(48)36-28-25-33(26-29-36)45-32-53-51-42-18-6-4-15-38(42)39-16-5-7-19-43(39)52(51)54-45/h1-32H. The first kappa shape index (κ1) is 30.9. The molecule has 0 radical (unpaired) electrons.